The van der Waals surface area contributed by atoms with Gasteiger partial charge in [0.15, 0.2) is 0 Å². The Morgan fingerprint density at radius 3 is 2.93 bits per heavy atom. The second-order valence-electron chi connectivity index (χ2n) is 3.51. The van der Waals surface area contributed by atoms with Gasteiger partial charge < -0.3 is 4.90 Å². The molecule has 2 rings (SSSR count). The molecule has 1 aliphatic carbocycles. The minimum atomic E-state index is 0.0793. The molecule has 0 atom stereocenters. The molecule has 0 unspecified atom stereocenters. The number of amides is 1. The highest BCUT2D eigenvalue weighted by atomic mass is 79.9. The van der Waals surface area contributed by atoms with Crippen LogP contribution >= 0.6 is 15.9 Å². The third-order valence-corrected chi connectivity index (χ3v) is 2.82. The molecule has 1 aromatic rings. The van der Waals surface area contributed by atoms with Gasteiger partial charge in [0.25, 0.3) is 5.91 Å². The maximum Gasteiger partial charge on any atom is 0.253 e. The summed E-state index contributed by atoms with van der Waals surface area (Å²) < 4.78 is 0.701. The van der Waals surface area contributed by atoms with E-state index in [4.69, 9.17) is 0 Å². The van der Waals surface area contributed by atoms with Crippen molar-refractivity contribution >= 4 is 21.8 Å². The largest absolute Gasteiger partial charge is 0.339 e. The lowest BCUT2D eigenvalue weighted by Crippen LogP contribution is -2.28. The fourth-order valence-corrected chi connectivity index (χ4v) is 1.73. The molecule has 74 valence electrons. The van der Waals surface area contributed by atoms with Crippen LogP contribution in [0.3, 0.4) is 0 Å². The van der Waals surface area contributed by atoms with Crippen molar-refractivity contribution in [3.63, 3.8) is 0 Å². The van der Waals surface area contributed by atoms with Crippen LogP contribution in [0.1, 0.15) is 23.2 Å². The van der Waals surface area contributed by atoms with E-state index in [0.717, 1.165) is 12.8 Å². The summed E-state index contributed by atoms with van der Waals surface area (Å²) in [5, 5.41) is 0. The van der Waals surface area contributed by atoms with Crippen LogP contribution in [0.25, 0.3) is 0 Å². The zero-order valence-corrected chi connectivity index (χ0v) is 9.49. The second-order valence-corrected chi connectivity index (χ2v) is 4.33. The Balaban J connectivity index is 2.17. The van der Waals surface area contributed by atoms with E-state index < -0.39 is 0 Å². The van der Waals surface area contributed by atoms with E-state index in [2.05, 4.69) is 20.9 Å². The molecule has 0 N–H and O–H groups in total. The number of hydrogen-bond acceptors (Lipinski definition) is 2. The van der Waals surface area contributed by atoms with Crippen molar-refractivity contribution in [2.24, 2.45) is 0 Å². The van der Waals surface area contributed by atoms with E-state index in [1.54, 1.807) is 18.3 Å². The van der Waals surface area contributed by atoms with Gasteiger partial charge in [-0.25, -0.2) is 4.98 Å². The molecule has 1 aromatic heterocycles. The van der Waals surface area contributed by atoms with Gasteiger partial charge in [-0.3, -0.25) is 4.79 Å². The van der Waals surface area contributed by atoms with Crippen LogP contribution in [-0.4, -0.2) is 28.9 Å². The molecule has 0 saturated heterocycles. The predicted octanol–water partition coefficient (Wildman–Crippen LogP) is 2.08. The van der Waals surface area contributed by atoms with Gasteiger partial charge in [0.2, 0.25) is 0 Å². The minimum Gasteiger partial charge on any atom is -0.339 e. The van der Waals surface area contributed by atoms with Crippen molar-refractivity contribution in [1.29, 1.82) is 0 Å². The number of nitrogens with zero attached hydrogens (tertiary/aromatic N) is 2. The van der Waals surface area contributed by atoms with Crippen LogP contribution in [0.5, 0.6) is 0 Å². The first-order valence-electron chi connectivity index (χ1n) is 4.57. The van der Waals surface area contributed by atoms with Crippen molar-refractivity contribution < 1.29 is 4.79 Å². The molecule has 0 bridgehead atoms. The van der Waals surface area contributed by atoms with Gasteiger partial charge in [0.1, 0.15) is 4.60 Å². The van der Waals surface area contributed by atoms with Crippen LogP contribution < -0.4 is 0 Å². The van der Waals surface area contributed by atoms with Gasteiger partial charge in [0, 0.05) is 24.8 Å². The van der Waals surface area contributed by atoms with Crippen LogP contribution in [0, 0.1) is 0 Å². The summed E-state index contributed by atoms with van der Waals surface area (Å²) >= 11 is 3.25. The highest BCUT2D eigenvalue weighted by molar-refractivity contribution is 9.10. The number of aromatic nitrogens is 1. The maximum atomic E-state index is 11.9. The molecule has 1 heterocycles. The number of pyridine rings is 1. The number of rotatable bonds is 2. The third kappa shape index (κ3) is 1.95. The molecule has 0 spiro atoms. The highest BCUT2D eigenvalue weighted by Gasteiger charge is 2.29. The molecule has 0 aromatic carbocycles. The van der Waals surface area contributed by atoms with E-state index in [1.807, 2.05) is 11.9 Å². The molecular weight excluding hydrogens is 244 g/mol. The van der Waals surface area contributed by atoms with E-state index in [1.165, 1.54) is 0 Å². The van der Waals surface area contributed by atoms with Crippen LogP contribution in [-0.2, 0) is 0 Å². The van der Waals surface area contributed by atoms with Crippen LogP contribution in [0.2, 0.25) is 0 Å². The molecule has 3 nitrogen and oxygen atoms in total. The van der Waals surface area contributed by atoms with Gasteiger partial charge in [-0.2, -0.15) is 0 Å². The molecule has 14 heavy (non-hydrogen) atoms. The average molecular weight is 255 g/mol. The average Bonchev–Trinajstić information content (AvgIpc) is 2.99. The lowest BCUT2D eigenvalue weighted by atomic mass is 10.2. The van der Waals surface area contributed by atoms with Crippen molar-refractivity contribution in [2.75, 3.05) is 7.05 Å². The minimum absolute atomic E-state index is 0.0793. The van der Waals surface area contributed by atoms with Crippen molar-refractivity contribution in [3.05, 3.63) is 28.5 Å². The fraction of sp³-hybridized carbons (Fsp3) is 0.400. The van der Waals surface area contributed by atoms with Crippen molar-refractivity contribution in [1.82, 2.24) is 9.88 Å². The van der Waals surface area contributed by atoms with Crippen LogP contribution in [0.15, 0.2) is 22.9 Å². The second kappa shape index (κ2) is 3.69. The summed E-state index contributed by atoms with van der Waals surface area (Å²) in [7, 11) is 1.86. The zero-order chi connectivity index (χ0) is 10.1. The van der Waals surface area contributed by atoms with E-state index in [9.17, 15) is 4.79 Å². The summed E-state index contributed by atoms with van der Waals surface area (Å²) in [5.74, 6) is 0.0793. The number of carbonyl (C=O) groups excluding carboxylic acids is 1. The lowest BCUT2D eigenvalue weighted by molar-refractivity contribution is 0.0785. The number of hydrogen-bond donors (Lipinski definition) is 0. The summed E-state index contributed by atoms with van der Waals surface area (Å²) in [5.41, 5.74) is 0.696. The van der Waals surface area contributed by atoms with Gasteiger partial charge >= 0.3 is 0 Å². The molecule has 1 saturated carbocycles. The van der Waals surface area contributed by atoms with Gasteiger partial charge in [-0.1, -0.05) is 0 Å². The molecule has 0 radical (unpaired) electrons. The number of halogens is 1. The summed E-state index contributed by atoms with van der Waals surface area (Å²) in [6, 6.07) is 3.95. The topological polar surface area (TPSA) is 33.2 Å². The predicted molar refractivity (Wildman–Crippen MR) is 57.1 cm³/mol. The summed E-state index contributed by atoms with van der Waals surface area (Å²) in [6.07, 6.45) is 3.90. The number of carbonyl (C=O) groups is 1. The summed E-state index contributed by atoms with van der Waals surface area (Å²) in [4.78, 5) is 17.7. The molecule has 0 aliphatic heterocycles. The standard InChI is InChI=1S/C10H11BrN2O/c1-13(8-2-3-8)10(14)7-4-5-12-9(11)6-7/h4-6,8H,2-3H2,1H3. The SMILES string of the molecule is CN(C(=O)c1ccnc(Br)c1)C1CC1. The fourth-order valence-electron chi connectivity index (χ4n) is 1.37. The van der Waals surface area contributed by atoms with E-state index in [-0.39, 0.29) is 5.91 Å². The molecule has 1 aliphatic rings. The van der Waals surface area contributed by atoms with Gasteiger partial charge in [-0.15, -0.1) is 0 Å². The Kier molecular flexibility index (Phi) is 2.54. The molecule has 1 fully saturated rings. The van der Waals surface area contributed by atoms with E-state index in [0.29, 0.717) is 16.2 Å². The Morgan fingerprint density at radius 2 is 2.36 bits per heavy atom. The molecular formula is C10H11BrN2O. The Morgan fingerprint density at radius 1 is 1.64 bits per heavy atom. The Hall–Kier alpha value is -0.900. The Bertz CT molecular complexity index is 363. The molecule has 1 amide bonds. The van der Waals surface area contributed by atoms with E-state index >= 15 is 0 Å². The highest BCUT2D eigenvalue weighted by Crippen LogP contribution is 2.26. The first-order chi connectivity index (χ1) is 6.68. The maximum absolute atomic E-state index is 11.9. The third-order valence-electron chi connectivity index (χ3n) is 2.39. The summed E-state index contributed by atoms with van der Waals surface area (Å²) in [6.45, 7) is 0. The van der Waals surface area contributed by atoms with Crippen molar-refractivity contribution in [2.45, 2.75) is 18.9 Å². The zero-order valence-electron chi connectivity index (χ0n) is 7.90. The van der Waals surface area contributed by atoms with Gasteiger partial charge in [0.05, 0.1) is 0 Å². The molecule has 4 heteroatoms. The van der Waals surface area contributed by atoms with Gasteiger partial charge in [-0.05, 0) is 40.9 Å². The first kappa shape index (κ1) is 9.65. The smallest absolute Gasteiger partial charge is 0.253 e. The monoisotopic (exact) mass is 254 g/mol. The van der Waals surface area contributed by atoms with Crippen molar-refractivity contribution in [3.8, 4) is 0 Å². The Labute approximate surface area is 91.3 Å². The quantitative estimate of drug-likeness (QED) is 0.758. The van der Waals surface area contributed by atoms with Crippen LogP contribution in [0.4, 0.5) is 0 Å². The normalized spacial score (nSPS) is 15.3. The first-order valence-corrected chi connectivity index (χ1v) is 5.36. The lowest BCUT2D eigenvalue weighted by Gasteiger charge is -2.15.